The van der Waals surface area contributed by atoms with Gasteiger partial charge in [-0.25, -0.2) is 0 Å². The standard InChI is InChI=1S/C19H19NO2/c1-11(2)15-8-12(3)9-16-17(21)13(4)18(22-19(15)16)14-6-5-7-20-10-14/h5-11H,1-4H3. The maximum Gasteiger partial charge on any atom is 0.196 e. The second-order valence-electron chi connectivity index (χ2n) is 6.01. The Morgan fingerprint density at radius 2 is 1.95 bits per heavy atom. The van der Waals surface area contributed by atoms with Crippen molar-refractivity contribution in [2.45, 2.75) is 33.6 Å². The molecule has 3 rings (SSSR count). The van der Waals surface area contributed by atoms with Crippen molar-refractivity contribution < 1.29 is 4.42 Å². The van der Waals surface area contributed by atoms with Crippen molar-refractivity contribution in [3.8, 4) is 11.3 Å². The zero-order chi connectivity index (χ0) is 15.9. The third-order valence-corrected chi connectivity index (χ3v) is 3.94. The largest absolute Gasteiger partial charge is 0.455 e. The van der Waals surface area contributed by atoms with Gasteiger partial charge in [0.15, 0.2) is 5.43 Å². The van der Waals surface area contributed by atoms with Gasteiger partial charge >= 0.3 is 0 Å². The molecule has 0 saturated heterocycles. The molecule has 0 aliphatic carbocycles. The van der Waals surface area contributed by atoms with E-state index in [0.29, 0.717) is 22.3 Å². The highest BCUT2D eigenvalue weighted by atomic mass is 16.3. The van der Waals surface area contributed by atoms with E-state index >= 15 is 0 Å². The zero-order valence-electron chi connectivity index (χ0n) is 13.3. The quantitative estimate of drug-likeness (QED) is 0.693. The lowest BCUT2D eigenvalue weighted by molar-refractivity contribution is 0.604. The molecule has 22 heavy (non-hydrogen) atoms. The minimum absolute atomic E-state index is 0.0331. The lowest BCUT2D eigenvalue weighted by Gasteiger charge is -2.13. The molecule has 3 heteroatoms. The summed E-state index contributed by atoms with van der Waals surface area (Å²) in [5.74, 6) is 0.895. The van der Waals surface area contributed by atoms with E-state index in [0.717, 1.165) is 16.7 Å². The zero-order valence-corrected chi connectivity index (χ0v) is 13.3. The Labute approximate surface area is 129 Å². The van der Waals surface area contributed by atoms with Crippen LogP contribution in [-0.2, 0) is 0 Å². The van der Waals surface area contributed by atoms with Gasteiger partial charge in [-0.1, -0.05) is 19.9 Å². The van der Waals surface area contributed by atoms with Crippen LogP contribution in [0.15, 0.2) is 45.9 Å². The maximum atomic E-state index is 12.8. The van der Waals surface area contributed by atoms with Crippen LogP contribution in [0.5, 0.6) is 0 Å². The number of aromatic nitrogens is 1. The van der Waals surface area contributed by atoms with E-state index in [1.54, 1.807) is 12.4 Å². The molecule has 0 saturated carbocycles. The Bertz CT molecular complexity index is 893. The number of aryl methyl sites for hydroxylation is 1. The second-order valence-corrected chi connectivity index (χ2v) is 6.01. The highest BCUT2D eigenvalue weighted by Gasteiger charge is 2.17. The molecule has 0 fully saturated rings. The van der Waals surface area contributed by atoms with E-state index in [2.05, 4.69) is 24.9 Å². The lowest BCUT2D eigenvalue weighted by atomic mass is 9.96. The summed E-state index contributed by atoms with van der Waals surface area (Å²) in [4.78, 5) is 16.9. The van der Waals surface area contributed by atoms with Crippen LogP contribution < -0.4 is 5.43 Å². The average molecular weight is 293 g/mol. The molecule has 0 aliphatic heterocycles. The number of hydrogen-bond acceptors (Lipinski definition) is 3. The molecule has 0 aliphatic rings. The number of benzene rings is 1. The molecular weight excluding hydrogens is 274 g/mol. The first kappa shape index (κ1) is 14.5. The maximum absolute atomic E-state index is 12.8. The summed E-state index contributed by atoms with van der Waals surface area (Å²) in [6.45, 7) is 8.04. The molecule has 3 nitrogen and oxygen atoms in total. The first-order chi connectivity index (χ1) is 10.5. The first-order valence-corrected chi connectivity index (χ1v) is 7.47. The molecular formula is C19H19NO2. The summed E-state index contributed by atoms with van der Waals surface area (Å²) < 4.78 is 6.17. The highest BCUT2D eigenvalue weighted by molar-refractivity contribution is 5.84. The summed E-state index contributed by atoms with van der Waals surface area (Å²) in [6.07, 6.45) is 3.43. The number of hydrogen-bond donors (Lipinski definition) is 0. The SMILES string of the molecule is Cc1cc(C(C)C)c2oc(-c3cccnc3)c(C)c(=O)c2c1. The summed E-state index contributed by atoms with van der Waals surface area (Å²) >= 11 is 0. The first-order valence-electron chi connectivity index (χ1n) is 7.47. The van der Waals surface area contributed by atoms with E-state index in [1.165, 1.54) is 0 Å². The molecule has 2 heterocycles. The Morgan fingerprint density at radius 1 is 1.18 bits per heavy atom. The molecule has 0 spiro atoms. The molecule has 1 aromatic carbocycles. The van der Waals surface area contributed by atoms with Crippen LogP contribution in [0.3, 0.4) is 0 Å². The summed E-state index contributed by atoms with van der Waals surface area (Å²) in [5, 5.41) is 0.661. The van der Waals surface area contributed by atoms with Crippen molar-refractivity contribution in [1.82, 2.24) is 4.98 Å². The molecule has 0 amide bonds. The Kier molecular flexibility index (Phi) is 3.57. The minimum Gasteiger partial charge on any atom is -0.455 e. The van der Waals surface area contributed by atoms with Crippen LogP contribution in [-0.4, -0.2) is 4.98 Å². The molecule has 0 bridgehead atoms. The van der Waals surface area contributed by atoms with E-state index in [4.69, 9.17) is 4.42 Å². The van der Waals surface area contributed by atoms with Crippen LogP contribution in [0.4, 0.5) is 0 Å². The molecule has 112 valence electrons. The van der Waals surface area contributed by atoms with E-state index in [-0.39, 0.29) is 11.3 Å². The number of rotatable bonds is 2. The Morgan fingerprint density at radius 3 is 2.59 bits per heavy atom. The van der Waals surface area contributed by atoms with Crippen molar-refractivity contribution in [2.75, 3.05) is 0 Å². The summed E-state index contributed by atoms with van der Waals surface area (Å²) in [7, 11) is 0. The van der Waals surface area contributed by atoms with E-state index < -0.39 is 0 Å². The van der Waals surface area contributed by atoms with Crippen LogP contribution in [0.1, 0.15) is 36.5 Å². The number of nitrogens with zero attached hydrogens (tertiary/aromatic N) is 1. The van der Waals surface area contributed by atoms with Gasteiger partial charge in [-0.05, 0) is 49.1 Å². The van der Waals surface area contributed by atoms with Crippen LogP contribution in [0, 0.1) is 13.8 Å². The Balaban J connectivity index is 2.43. The molecule has 2 aromatic heterocycles. The third kappa shape index (κ3) is 2.33. The summed E-state index contributed by atoms with van der Waals surface area (Å²) in [5.41, 5.74) is 4.32. The van der Waals surface area contributed by atoms with Crippen LogP contribution in [0.25, 0.3) is 22.3 Å². The van der Waals surface area contributed by atoms with E-state index in [1.807, 2.05) is 32.0 Å². The average Bonchev–Trinajstić information content (AvgIpc) is 2.51. The fourth-order valence-corrected chi connectivity index (χ4v) is 2.77. The Hall–Kier alpha value is -2.42. The van der Waals surface area contributed by atoms with Crippen LogP contribution in [0.2, 0.25) is 0 Å². The fraction of sp³-hybridized carbons (Fsp3) is 0.263. The van der Waals surface area contributed by atoms with Gasteiger partial charge in [0.05, 0.1) is 5.39 Å². The highest BCUT2D eigenvalue weighted by Crippen LogP contribution is 2.30. The molecule has 3 aromatic rings. The van der Waals surface area contributed by atoms with Gasteiger partial charge in [0, 0.05) is 23.5 Å². The molecule has 0 atom stereocenters. The fourth-order valence-electron chi connectivity index (χ4n) is 2.77. The molecule has 0 unspecified atom stereocenters. The van der Waals surface area contributed by atoms with Gasteiger partial charge < -0.3 is 4.42 Å². The number of fused-ring (bicyclic) bond motifs is 1. The van der Waals surface area contributed by atoms with Crippen molar-refractivity contribution in [1.29, 1.82) is 0 Å². The number of pyridine rings is 1. The van der Waals surface area contributed by atoms with Crippen molar-refractivity contribution in [3.05, 3.63) is 63.6 Å². The van der Waals surface area contributed by atoms with Gasteiger partial charge in [0.1, 0.15) is 11.3 Å². The predicted octanol–water partition coefficient (Wildman–Crippen LogP) is 4.60. The topological polar surface area (TPSA) is 43.1 Å². The van der Waals surface area contributed by atoms with Crippen molar-refractivity contribution >= 4 is 11.0 Å². The lowest BCUT2D eigenvalue weighted by Crippen LogP contribution is -2.09. The molecule has 0 radical (unpaired) electrons. The smallest absolute Gasteiger partial charge is 0.196 e. The van der Waals surface area contributed by atoms with Gasteiger partial charge in [0.25, 0.3) is 0 Å². The second kappa shape index (κ2) is 5.41. The minimum atomic E-state index is 0.0331. The summed E-state index contributed by atoms with van der Waals surface area (Å²) in [6, 6.07) is 7.76. The molecule has 0 N–H and O–H groups in total. The van der Waals surface area contributed by atoms with Gasteiger partial charge in [0.2, 0.25) is 0 Å². The van der Waals surface area contributed by atoms with Crippen molar-refractivity contribution in [3.63, 3.8) is 0 Å². The van der Waals surface area contributed by atoms with Crippen molar-refractivity contribution in [2.24, 2.45) is 0 Å². The van der Waals surface area contributed by atoms with Gasteiger partial charge in [-0.3, -0.25) is 9.78 Å². The van der Waals surface area contributed by atoms with Gasteiger partial charge in [-0.2, -0.15) is 0 Å². The van der Waals surface area contributed by atoms with Gasteiger partial charge in [-0.15, -0.1) is 0 Å². The normalized spacial score (nSPS) is 11.3. The van der Waals surface area contributed by atoms with Crippen LogP contribution >= 0.6 is 0 Å². The van der Waals surface area contributed by atoms with E-state index in [9.17, 15) is 4.79 Å². The third-order valence-electron chi connectivity index (χ3n) is 3.94. The monoisotopic (exact) mass is 293 g/mol. The predicted molar refractivity (Wildman–Crippen MR) is 89.3 cm³/mol.